The number of nitrogens with one attached hydrogen (secondary N) is 1. The molecule has 2 rings (SSSR count). The van der Waals surface area contributed by atoms with Gasteiger partial charge < -0.3 is 15.0 Å². The Balaban J connectivity index is 2.25. The molecule has 17 heavy (non-hydrogen) atoms. The van der Waals surface area contributed by atoms with Gasteiger partial charge in [-0.05, 0) is 20.0 Å². The first-order valence-corrected chi connectivity index (χ1v) is 5.62. The van der Waals surface area contributed by atoms with E-state index < -0.39 is 11.6 Å². The number of likely N-dealkylation sites (N-methyl/N-ethyl adjacent to an activating group) is 1. The van der Waals surface area contributed by atoms with Gasteiger partial charge in [0.25, 0.3) is 0 Å². The Morgan fingerprint density at radius 2 is 2.24 bits per heavy atom. The normalized spacial score (nSPS) is 18.8. The highest BCUT2D eigenvalue weighted by Gasteiger charge is 2.27. The van der Waals surface area contributed by atoms with E-state index in [9.17, 15) is 8.78 Å². The van der Waals surface area contributed by atoms with Crippen molar-refractivity contribution in [2.24, 2.45) is 0 Å². The highest BCUT2D eigenvalue weighted by Crippen LogP contribution is 2.36. The molecule has 94 valence electrons. The van der Waals surface area contributed by atoms with Crippen LogP contribution in [0.2, 0.25) is 0 Å². The Morgan fingerprint density at radius 3 is 2.94 bits per heavy atom. The lowest BCUT2D eigenvalue weighted by Gasteiger charge is -2.36. The summed E-state index contributed by atoms with van der Waals surface area (Å²) in [5.41, 5.74) is 0.346. The molecule has 0 saturated carbocycles. The molecule has 1 aliphatic rings. The van der Waals surface area contributed by atoms with Gasteiger partial charge in [0.2, 0.25) is 0 Å². The summed E-state index contributed by atoms with van der Waals surface area (Å²) in [4.78, 5) is 1.82. The van der Waals surface area contributed by atoms with Crippen LogP contribution in [0.25, 0.3) is 0 Å². The molecule has 0 spiro atoms. The van der Waals surface area contributed by atoms with E-state index in [4.69, 9.17) is 4.74 Å². The fourth-order valence-electron chi connectivity index (χ4n) is 2.06. The lowest BCUT2D eigenvalue weighted by atomic mass is 10.1. The van der Waals surface area contributed by atoms with Crippen LogP contribution in [0.4, 0.5) is 14.5 Å². The number of fused-ring (bicyclic) bond motifs is 1. The number of hydrogen-bond acceptors (Lipinski definition) is 3. The number of nitrogens with zero attached hydrogens (tertiary/aromatic N) is 1. The van der Waals surface area contributed by atoms with Crippen molar-refractivity contribution in [2.45, 2.75) is 12.5 Å². The quantitative estimate of drug-likeness (QED) is 0.874. The monoisotopic (exact) mass is 242 g/mol. The molecular formula is C12H16F2N2O. The standard InChI is InChI=1S/C12H16F2N2O/c1-15-4-3-9-7-17-11-6-8(13)5-10(14)12(11)16(9)2/h5-6,9,15H,3-4,7H2,1-2H3. The van der Waals surface area contributed by atoms with Gasteiger partial charge in [0.15, 0.2) is 5.82 Å². The lowest BCUT2D eigenvalue weighted by Crippen LogP contribution is -2.42. The summed E-state index contributed by atoms with van der Waals surface area (Å²) in [7, 11) is 3.68. The van der Waals surface area contributed by atoms with Gasteiger partial charge in [-0.2, -0.15) is 0 Å². The molecule has 0 radical (unpaired) electrons. The maximum atomic E-state index is 13.7. The van der Waals surface area contributed by atoms with Gasteiger partial charge in [-0.3, -0.25) is 0 Å². The summed E-state index contributed by atoms with van der Waals surface area (Å²) in [5.74, 6) is -0.898. The minimum absolute atomic E-state index is 0.106. The largest absolute Gasteiger partial charge is 0.489 e. The van der Waals surface area contributed by atoms with Crippen molar-refractivity contribution >= 4 is 5.69 Å². The van der Waals surface area contributed by atoms with Crippen LogP contribution in [0.1, 0.15) is 6.42 Å². The van der Waals surface area contributed by atoms with Gasteiger partial charge >= 0.3 is 0 Å². The van der Waals surface area contributed by atoms with Crippen molar-refractivity contribution in [1.82, 2.24) is 5.32 Å². The van der Waals surface area contributed by atoms with Gasteiger partial charge in [-0.25, -0.2) is 8.78 Å². The Labute approximate surface area is 99.4 Å². The summed E-state index contributed by atoms with van der Waals surface area (Å²) in [6, 6.07) is 2.22. The zero-order valence-electron chi connectivity index (χ0n) is 9.96. The predicted molar refractivity (Wildman–Crippen MR) is 62.6 cm³/mol. The number of halogens is 2. The van der Waals surface area contributed by atoms with Crippen LogP contribution in [-0.4, -0.2) is 33.3 Å². The number of rotatable bonds is 3. The molecule has 3 nitrogen and oxygen atoms in total. The van der Waals surface area contributed by atoms with Crippen molar-refractivity contribution in [3.63, 3.8) is 0 Å². The fourth-order valence-corrected chi connectivity index (χ4v) is 2.06. The van der Waals surface area contributed by atoms with E-state index in [1.54, 1.807) is 0 Å². The molecule has 0 amide bonds. The van der Waals surface area contributed by atoms with Crippen LogP contribution in [0.15, 0.2) is 12.1 Å². The molecule has 0 bridgehead atoms. The predicted octanol–water partition coefficient (Wildman–Crippen LogP) is 1.77. The van der Waals surface area contributed by atoms with E-state index >= 15 is 0 Å². The molecule has 1 aromatic rings. The number of ether oxygens (including phenoxy) is 1. The zero-order valence-corrected chi connectivity index (χ0v) is 9.96. The zero-order chi connectivity index (χ0) is 12.4. The van der Waals surface area contributed by atoms with Crippen molar-refractivity contribution in [3.8, 4) is 5.75 Å². The second-order valence-corrected chi connectivity index (χ2v) is 4.20. The van der Waals surface area contributed by atoms with Gasteiger partial charge in [-0.15, -0.1) is 0 Å². The number of anilines is 1. The summed E-state index contributed by atoms with van der Waals surface area (Å²) in [5, 5.41) is 3.05. The van der Waals surface area contributed by atoms with E-state index in [-0.39, 0.29) is 11.8 Å². The van der Waals surface area contributed by atoms with Crippen LogP contribution in [-0.2, 0) is 0 Å². The molecule has 1 heterocycles. The Hall–Kier alpha value is -1.36. The molecule has 0 aliphatic carbocycles. The molecule has 1 N–H and O–H groups in total. The van der Waals surface area contributed by atoms with Gasteiger partial charge in [-0.1, -0.05) is 0 Å². The highest BCUT2D eigenvalue weighted by molar-refractivity contribution is 5.61. The topological polar surface area (TPSA) is 24.5 Å². The summed E-state index contributed by atoms with van der Waals surface area (Å²) in [6.07, 6.45) is 0.850. The van der Waals surface area contributed by atoms with Crippen LogP contribution in [0.3, 0.4) is 0 Å². The van der Waals surface area contributed by atoms with E-state index in [0.717, 1.165) is 19.0 Å². The van der Waals surface area contributed by atoms with Crippen LogP contribution >= 0.6 is 0 Å². The highest BCUT2D eigenvalue weighted by atomic mass is 19.1. The summed E-state index contributed by atoms with van der Waals surface area (Å²) < 4.78 is 32.2. The third kappa shape index (κ3) is 2.34. The molecule has 0 aromatic heterocycles. The molecule has 0 saturated heterocycles. The first-order chi connectivity index (χ1) is 8.13. The van der Waals surface area contributed by atoms with Crippen molar-refractivity contribution in [3.05, 3.63) is 23.8 Å². The van der Waals surface area contributed by atoms with Gasteiger partial charge in [0.05, 0.1) is 6.04 Å². The van der Waals surface area contributed by atoms with Gasteiger partial charge in [0, 0.05) is 19.2 Å². The number of hydrogen-bond donors (Lipinski definition) is 1. The lowest BCUT2D eigenvalue weighted by molar-refractivity contribution is 0.255. The summed E-state index contributed by atoms with van der Waals surface area (Å²) in [6.45, 7) is 1.28. The van der Waals surface area contributed by atoms with Crippen LogP contribution in [0.5, 0.6) is 5.75 Å². The molecular weight excluding hydrogens is 226 g/mol. The smallest absolute Gasteiger partial charge is 0.153 e. The van der Waals surface area contributed by atoms with Gasteiger partial charge in [0.1, 0.15) is 23.9 Å². The molecule has 1 aliphatic heterocycles. The average Bonchev–Trinajstić information content (AvgIpc) is 2.27. The average molecular weight is 242 g/mol. The second-order valence-electron chi connectivity index (χ2n) is 4.20. The Bertz CT molecular complexity index is 412. The third-order valence-corrected chi connectivity index (χ3v) is 3.05. The first kappa shape index (κ1) is 12.1. The van der Waals surface area contributed by atoms with Crippen LogP contribution in [0, 0.1) is 11.6 Å². The van der Waals surface area contributed by atoms with Crippen LogP contribution < -0.4 is 15.0 Å². The minimum atomic E-state index is -0.608. The molecule has 1 unspecified atom stereocenters. The Morgan fingerprint density at radius 1 is 1.47 bits per heavy atom. The van der Waals surface area contributed by atoms with E-state index in [1.165, 1.54) is 6.07 Å². The molecule has 0 fully saturated rings. The third-order valence-electron chi connectivity index (χ3n) is 3.05. The number of benzene rings is 1. The minimum Gasteiger partial charge on any atom is -0.489 e. The van der Waals surface area contributed by atoms with Crippen molar-refractivity contribution < 1.29 is 13.5 Å². The SMILES string of the molecule is CNCCC1COc2cc(F)cc(F)c2N1C. The molecule has 1 aromatic carbocycles. The molecule has 5 heteroatoms. The maximum absolute atomic E-state index is 13.7. The van der Waals surface area contributed by atoms with Crippen molar-refractivity contribution in [1.29, 1.82) is 0 Å². The molecule has 1 atom stereocenters. The van der Waals surface area contributed by atoms with E-state index in [1.807, 2.05) is 19.0 Å². The second kappa shape index (κ2) is 4.87. The van der Waals surface area contributed by atoms with E-state index in [0.29, 0.717) is 12.3 Å². The van der Waals surface area contributed by atoms with Crippen molar-refractivity contribution in [2.75, 3.05) is 32.1 Å². The maximum Gasteiger partial charge on any atom is 0.153 e. The fraction of sp³-hybridized carbons (Fsp3) is 0.500. The van der Waals surface area contributed by atoms with E-state index in [2.05, 4.69) is 5.32 Å². The first-order valence-electron chi connectivity index (χ1n) is 5.62. The summed E-state index contributed by atoms with van der Waals surface area (Å²) >= 11 is 0. The Kier molecular flexibility index (Phi) is 3.47.